The van der Waals surface area contributed by atoms with Gasteiger partial charge in [-0.15, -0.1) is 0 Å². The number of benzene rings is 2. The van der Waals surface area contributed by atoms with Gasteiger partial charge in [0.25, 0.3) is 0 Å². The smallest absolute Gasteiger partial charge is 0.130 e. The predicted molar refractivity (Wildman–Crippen MR) is 82.9 cm³/mol. The minimum atomic E-state index is -0.249. The van der Waals surface area contributed by atoms with Gasteiger partial charge in [0.1, 0.15) is 5.82 Å². The summed E-state index contributed by atoms with van der Waals surface area (Å²) in [6.45, 7) is 5.84. The third kappa shape index (κ3) is 3.02. The molecule has 0 bridgehead atoms. The van der Waals surface area contributed by atoms with Crippen molar-refractivity contribution in [3.63, 3.8) is 0 Å². The van der Waals surface area contributed by atoms with Crippen molar-refractivity contribution in [1.29, 1.82) is 5.41 Å². The lowest BCUT2D eigenvalue weighted by Crippen LogP contribution is -1.96. The molecule has 0 radical (unpaired) electrons. The highest BCUT2D eigenvalue weighted by atomic mass is 19.1. The highest BCUT2D eigenvalue weighted by Crippen LogP contribution is 2.19. The third-order valence-corrected chi connectivity index (χ3v) is 3.48. The largest absolute Gasteiger partial charge is 0.300 e. The lowest BCUT2D eigenvalue weighted by Gasteiger charge is -2.06. The molecule has 0 atom stereocenters. The van der Waals surface area contributed by atoms with E-state index in [1.165, 1.54) is 6.07 Å². The van der Waals surface area contributed by atoms with Crippen molar-refractivity contribution < 1.29 is 4.39 Å². The monoisotopic (exact) mass is 267 g/mol. The Labute approximate surface area is 119 Å². The Balaban J connectivity index is 2.30. The maximum Gasteiger partial charge on any atom is 0.130 e. The Hall–Kier alpha value is -2.22. The lowest BCUT2D eigenvalue weighted by atomic mass is 10.0. The number of hydrogen-bond acceptors (Lipinski definition) is 1. The van der Waals surface area contributed by atoms with Crippen molar-refractivity contribution >= 4 is 11.8 Å². The second kappa shape index (κ2) is 5.83. The highest BCUT2D eigenvalue weighted by molar-refractivity contribution is 6.08. The average Bonchev–Trinajstić information content (AvgIpc) is 2.43. The Morgan fingerprint density at radius 3 is 2.55 bits per heavy atom. The molecule has 0 unspecified atom stereocenters. The van der Waals surface area contributed by atoms with Gasteiger partial charge in [-0.3, -0.25) is 0 Å². The summed E-state index contributed by atoms with van der Waals surface area (Å²) in [5, 5.41) is 8.06. The topological polar surface area (TPSA) is 23.9 Å². The molecule has 0 aliphatic rings. The molecule has 2 aromatic carbocycles. The molecule has 2 aromatic rings. The van der Waals surface area contributed by atoms with E-state index in [-0.39, 0.29) is 5.82 Å². The predicted octanol–water partition coefficient (Wildman–Crippen LogP) is 4.83. The Morgan fingerprint density at radius 1 is 1.10 bits per heavy atom. The van der Waals surface area contributed by atoms with Crippen molar-refractivity contribution in [3.8, 4) is 0 Å². The summed E-state index contributed by atoms with van der Waals surface area (Å²) in [7, 11) is 0. The quantitative estimate of drug-likeness (QED) is 0.770. The van der Waals surface area contributed by atoms with Crippen molar-refractivity contribution in [2.75, 3.05) is 0 Å². The first-order valence-corrected chi connectivity index (χ1v) is 6.58. The second-order valence-corrected chi connectivity index (χ2v) is 5.02. The van der Waals surface area contributed by atoms with E-state index in [1.54, 1.807) is 18.2 Å². The summed E-state index contributed by atoms with van der Waals surface area (Å²) in [6.07, 6.45) is 3.34. The molecule has 102 valence electrons. The number of halogens is 1. The van der Waals surface area contributed by atoms with Gasteiger partial charge in [0, 0.05) is 5.56 Å². The van der Waals surface area contributed by atoms with E-state index in [4.69, 9.17) is 5.41 Å². The van der Waals surface area contributed by atoms with E-state index >= 15 is 0 Å². The van der Waals surface area contributed by atoms with Crippen LogP contribution in [-0.4, -0.2) is 5.71 Å². The number of nitrogens with one attached hydrogen (secondary N) is 1. The molecule has 1 N–H and O–H groups in total. The SMILES string of the molecule is Cc1cccc(C(=N)/C=C\c2c(F)ccc(C)c2C)c1. The second-order valence-electron chi connectivity index (χ2n) is 5.02. The number of allylic oxidation sites excluding steroid dienone is 1. The molecule has 0 fully saturated rings. The first-order valence-electron chi connectivity index (χ1n) is 6.58. The van der Waals surface area contributed by atoms with Crippen LogP contribution in [-0.2, 0) is 0 Å². The van der Waals surface area contributed by atoms with E-state index in [0.29, 0.717) is 11.3 Å². The number of hydrogen-bond donors (Lipinski definition) is 1. The van der Waals surface area contributed by atoms with E-state index in [1.807, 2.05) is 45.0 Å². The lowest BCUT2D eigenvalue weighted by molar-refractivity contribution is 0.623. The summed E-state index contributed by atoms with van der Waals surface area (Å²) >= 11 is 0. The average molecular weight is 267 g/mol. The zero-order chi connectivity index (χ0) is 14.7. The van der Waals surface area contributed by atoms with Crippen LogP contribution in [0.5, 0.6) is 0 Å². The molecule has 0 saturated carbocycles. The first kappa shape index (κ1) is 14.2. The molecule has 1 nitrogen and oxygen atoms in total. The van der Waals surface area contributed by atoms with Crippen LogP contribution in [0, 0.1) is 32.0 Å². The molecule has 0 aliphatic carbocycles. The standard InChI is InChI=1S/C18H18FN/c1-12-5-4-6-15(11-12)18(20)10-8-16-14(3)13(2)7-9-17(16)19/h4-11,20H,1-3H3/b10-8-,20-18?. The maximum atomic E-state index is 13.8. The van der Waals surface area contributed by atoms with Crippen LogP contribution in [0.2, 0.25) is 0 Å². The van der Waals surface area contributed by atoms with Gasteiger partial charge in [0.15, 0.2) is 0 Å². The van der Waals surface area contributed by atoms with Crippen molar-refractivity contribution in [1.82, 2.24) is 0 Å². The summed E-state index contributed by atoms with van der Waals surface area (Å²) in [6, 6.07) is 11.0. The Morgan fingerprint density at radius 2 is 1.85 bits per heavy atom. The molecule has 0 aliphatic heterocycles. The fourth-order valence-electron chi connectivity index (χ4n) is 2.08. The molecular formula is C18H18FN. The zero-order valence-electron chi connectivity index (χ0n) is 12.0. The van der Waals surface area contributed by atoms with Crippen molar-refractivity contribution in [2.24, 2.45) is 0 Å². The third-order valence-electron chi connectivity index (χ3n) is 3.48. The molecule has 20 heavy (non-hydrogen) atoms. The highest BCUT2D eigenvalue weighted by Gasteiger charge is 2.05. The van der Waals surface area contributed by atoms with Gasteiger partial charge in [-0.25, -0.2) is 4.39 Å². The summed E-state index contributed by atoms with van der Waals surface area (Å²) in [4.78, 5) is 0. The van der Waals surface area contributed by atoms with Crippen LogP contribution < -0.4 is 0 Å². The Kier molecular flexibility index (Phi) is 4.14. The number of rotatable bonds is 3. The van der Waals surface area contributed by atoms with Gasteiger partial charge in [-0.2, -0.15) is 0 Å². The Bertz CT molecular complexity index is 684. The van der Waals surface area contributed by atoms with Crippen LogP contribution in [0.3, 0.4) is 0 Å². The van der Waals surface area contributed by atoms with E-state index in [9.17, 15) is 4.39 Å². The van der Waals surface area contributed by atoms with Crippen LogP contribution in [0.1, 0.15) is 27.8 Å². The van der Waals surface area contributed by atoms with Gasteiger partial charge >= 0.3 is 0 Å². The minimum Gasteiger partial charge on any atom is -0.300 e. The molecule has 0 saturated heterocycles. The summed E-state index contributed by atoms with van der Waals surface area (Å²) in [5.74, 6) is -0.249. The normalized spacial score (nSPS) is 11.0. The molecule has 0 aromatic heterocycles. The molecule has 2 rings (SSSR count). The van der Waals surface area contributed by atoms with Crippen LogP contribution in [0.4, 0.5) is 4.39 Å². The van der Waals surface area contributed by atoms with Crippen LogP contribution in [0.15, 0.2) is 42.5 Å². The molecule has 0 amide bonds. The molecule has 2 heteroatoms. The fraction of sp³-hybridized carbons (Fsp3) is 0.167. The van der Waals surface area contributed by atoms with Crippen molar-refractivity contribution in [3.05, 3.63) is 76.1 Å². The van der Waals surface area contributed by atoms with Gasteiger partial charge < -0.3 is 5.41 Å². The van der Waals surface area contributed by atoms with Gasteiger partial charge in [-0.05, 0) is 61.7 Å². The summed E-state index contributed by atoms with van der Waals surface area (Å²) < 4.78 is 13.8. The zero-order valence-corrected chi connectivity index (χ0v) is 12.0. The van der Waals surface area contributed by atoms with Gasteiger partial charge in [0.2, 0.25) is 0 Å². The van der Waals surface area contributed by atoms with Gasteiger partial charge in [0.05, 0.1) is 5.71 Å². The molecular weight excluding hydrogens is 249 g/mol. The van der Waals surface area contributed by atoms with E-state index in [2.05, 4.69) is 0 Å². The molecule has 0 heterocycles. The van der Waals surface area contributed by atoms with Gasteiger partial charge in [-0.1, -0.05) is 29.8 Å². The maximum absolute atomic E-state index is 13.8. The van der Waals surface area contributed by atoms with E-state index in [0.717, 1.165) is 22.3 Å². The fourth-order valence-corrected chi connectivity index (χ4v) is 2.08. The summed E-state index contributed by atoms with van der Waals surface area (Å²) in [5.41, 5.74) is 4.85. The molecule has 0 spiro atoms. The van der Waals surface area contributed by atoms with E-state index < -0.39 is 0 Å². The van der Waals surface area contributed by atoms with Crippen LogP contribution >= 0.6 is 0 Å². The first-order chi connectivity index (χ1) is 9.49. The number of aryl methyl sites for hydroxylation is 2. The minimum absolute atomic E-state index is 0.249. The van der Waals surface area contributed by atoms with Crippen LogP contribution in [0.25, 0.3) is 6.08 Å². The van der Waals surface area contributed by atoms with Crippen molar-refractivity contribution in [2.45, 2.75) is 20.8 Å².